The Morgan fingerprint density at radius 3 is 2.52 bits per heavy atom. The third-order valence-electron chi connectivity index (χ3n) is 4.94. The first-order valence-electron chi connectivity index (χ1n) is 9.14. The van der Waals surface area contributed by atoms with Crippen LogP contribution in [-0.4, -0.2) is 43.9 Å². The lowest BCUT2D eigenvalue weighted by atomic mass is 10.1. The van der Waals surface area contributed by atoms with Crippen LogP contribution in [0.1, 0.15) is 18.2 Å². The number of aromatic nitrogens is 2. The molecule has 29 heavy (non-hydrogen) atoms. The molecule has 1 fully saturated rings. The van der Waals surface area contributed by atoms with Crippen LogP contribution in [0.3, 0.4) is 0 Å². The Balaban J connectivity index is 1.57. The van der Waals surface area contributed by atoms with Gasteiger partial charge in [-0.1, -0.05) is 11.2 Å². The normalized spacial score (nSPS) is 16.2. The molecule has 1 unspecified atom stereocenters. The van der Waals surface area contributed by atoms with Crippen LogP contribution in [-0.2, 0) is 4.79 Å². The molecule has 150 valence electrons. The van der Waals surface area contributed by atoms with Gasteiger partial charge in [-0.15, -0.1) is 0 Å². The van der Waals surface area contributed by atoms with Crippen LogP contribution in [0.15, 0.2) is 47.0 Å². The summed E-state index contributed by atoms with van der Waals surface area (Å²) in [4.78, 5) is 18.8. The summed E-state index contributed by atoms with van der Waals surface area (Å²) in [5.74, 6) is 2.51. The third-order valence-corrected chi connectivity index (χ3v) is 4.94. The average Bonchev–Trinajstić information content (AvgIpc) is 3.40. The number of hydrogen-bond donors (Lipinski definition) is 0. The van der Waals surface area contributed by atoms with Crippen molar-refractivity contribution in [3.8, 4) is 28.6 Å². The number of rotatable bonds is 6. The van der Waals surface area contributed by atoms with Crippen LogP contribution in [0.5, 0.6) is 17.2 Å². The van der Waals surface area contributed by atoms with E-state index in [0.717, 1.165) is 11.4 Å². The Morgan fingerprint density at radius 2 is 1.83 bits per heavy atom. The van der Waals surface area contributed by atoms with Gasteiger partial charge in [-0.05, 0) is 36.4 Å². The number of benzene rings is 2. The molecule has 1 saturated heterocycles. The average molecular weight is 395 g/mol. The molecule has 3 aromatic rings. The Hall–Kier alpha value is -3.55. The molecule has 0 radical (unpaired) electrons. The molecule has 0 saturated carbocycles. The second-order valence-corrected chi connectivity index (χ2v) is 6.60. The maximum atomic E-state index is 12.5. The van der Waals surface area contributed by atoms with Crippen molar-refractivity contribution in [2.45, 2.75) is 12.3 Å². The summed E-state index contributed by atoms with van der Waals surface area (Å²) in [5, 5.41) is 4.09. The van der Waals surface area contributed by atoms with Gasteiger partial charge in [0.1, 0.15) is 5.75 Å². The molecule has 8 nitrogen and oxygen atoms in total. The predicted molar refractivity (Wildman–Crippen MR) is 106 cm³/mol. The van der Waals surface area contributed by atoms with E-state index >= 15 is 0 Å². The van der Waals surface area contributed by atoms with Gasteiger partial charge >= 0.3 is 0 Å². The van der Waals surface area contributed by atoms with E-state index in [0.29, 0.717) is 41.7 Å². The Labute approximate surface area is 168 Å². The molecule has 0 bridgehead atoms. The van der Waals surface area contributed by atoms with E-state index in [4.69, 9.17) is 18.7 Å². The van der Waals surface area contributed by atoms with Gasteiger partial charge in [0.05, 0.1) is 32.8 Å². The maximum Gasteiger partial charge on any atom is 0.232 e. The minimum Gasteiger partial charge on any atom is -0.497 e. The van der Waals surface area contributed by atoms with Crippen LogP contribution in [0.25, 0.3) is 11.4 Å². The second kappa shape index (κ2) is 7.83. The number of anilines is 1. The first-order valence-corrected chi connectivity index (χ1v) is 9.14. The highest BCUT2D eigenvalue weighted by Gasteiger charge is 2.35. The number of methoxy groups -OCH3 is 3. The van der Waals surface area contributed by atoms with Crippen LogP contribution < -0.4 is 19.1 Å². The fourth-order valence-electron chi connectivity index (χ4n) is 3.46. The molecular weight excluding hydrogens is 374 g/mol. The number of para-hydroxylation sites is 1. The van der Waals surface area contributed by atoms with Crippen molar-refractivity contribution >= 4 is 11.6 Å². The Bertz CT molecular complexity index is 1020. The molecular formula is C21H21N3O5. The summed E-state index contributed by atoms with van der Waals surface area (Å²) in [6.07, 6.45) is 0.308. The lowest BCUT2D eigenvalue weighted by Gasteiger charge is -2.16. The molecule has 4 rings (SSSR count). The van der Waals surface area contributed by atoms with Crippen LogP contribution in [0.2, 0.25) is 0 Å². The van der Waals surface area contributed by atoms with Crippen LogP contribution in [0, 0.1) is 0 Å². The standard InChI is InChI=1S/C21H21N3O5/c1-26-15-9-7-14(8-10-15)24-12-13(11-18(24)25)21-22-20(23-29-21)16-5-4-6-17(27-2)19(16)28-3/h4-10,13H,11-12H2,1-3H3. The zero-order chi connectivity index (χ0) is 20.4. The molecule has 8 heteroatoms. The Kier molecular flexibility index (Phi) is 5.07. The van der Waals surface area contributed by atoms with Crippen LogP contribution in [0.4, 0.5) is 5.69 Å². The highest BCUT2D eigenvalue weighted by molar-refractivity contribution is 5.96. The summed E-state index contributed by atoms with van der Waals surface area (Å²) in [7, 11) is 4.74. The number of ether oxygens (including phenoxy) is 3. The lowest BCUT2D eigenvalue weighted by molar-refractivity contribution is -0.117. The van der Waals surface area contributed by atoms with E-state index in [1.54, 1.807) is 32.3 Å². The summed E-state index contributed by atoms with van der Waals surface area (Å²) in [5.41, 5.74) is 1.48. The largest absolute Gasteiger partial charge is 0.497 e. The van der Waals surface area contributed by atoms with Crippen molar-refractivity contribution in [1.29, 1.82) is 0 Å². The quantitative estimate of drug-likeness (QED) is 0.633. The molecule has 0 N–H and O–H groups in total. The van der Waals surface area contributed by atoms with E-state index in [1.807, 2.05) is 36.4 Å². The smallest absolute Gasteiger partial charge is 0.232 e. The number of carbonyl (C=O) groups is 1. The molecule has 1 aliphatic heterocycles. The molecule has 1 amide bonds. The van der Waals surface area contributed by atoms with E-state index in [9.17, 15) is 4.79 Å². The van der Waals surface area contributed by atoms with Gasteiger partial charge in [0.15, 0.2) is 11.5 Å². The second-order valence-electron chi connectivity index (χ2n) is 6.60. The first kappa shape index (κ1) is 18.8. The number of carbonyl (C=O) groups excluding carboxylic acids is 1. The topological polar surface area (TPSA) is 86.9 Å². The highest BCUT2D eigenvalue weighted by atomic mass is 16.5. The van der Waals surface area contributed by atoms with Gasteiger partial charge < -0.3 is 23.6 Å². The molecule has 1 aliphatic rings. The molecule has 1 aromatic heterocycles. The fourth-order valence-corrected chi connectivity index (χ4v) is 3.46. The summed E-state index contributed by atoms with van der Waals surface area (Å²) in [6, 6.07) is 12.8. The first-order chi connectivity index (χ1) is 14.1. The Morgan fingerprint density at radius 1 is 1.03 bits per heavy atom. The van der Waals surface area contributed by atoms with Crippen LogP contribution >= 0.6 is 0 Å². The molecule has 2 heterocycles. The van der Waals surface area contributed by atoms with Crippen molar-refractivity contribution in [2.24, 2.45) is 0 Å². The van der Waals surface area contributed by atoms with Crippen molar-refractivity contribution in [3.05, 3.63) is 48.4 Å². The summed E-state index contributed by atoms with van der Waals surface area (Å²) >= 11 is 0. The fraction of sp³-hybridized carbons (Fsp3) is 0.286. The number of amides is 1. The maximum absolute atomic E-state index is 12.5. The zero-order valence-electron chi connectivity index (χ0n) is 16.4. The SMILES string of the molecule is COc1ccc(N2CC(c3nc(-c4cccc(OC)c4OC)no3)CC2=O)cc1. The molecule has 0 aliphatic carbocycles. The minimum atomic E-state index is -0.178. The van der Waals surface area contributed by atoms with Gasteiger partial charge in [-0.25, -0.2) is 0 Å². The van der Waals surface area contributed by atoms with Crippen molar-refractivity contribution in [2.75, 3.05) is 32.8 Å². The molecule has 1 atom stereocenters. The minimum absolute atomic E-state index is 0.0128. The van der Waals surface area contributed by atoms with Crippen molar-refractivity contribution in [3.63, 3.8) is 0 Å². The van der Waals surface area contributed by atoms with Gasteiger partial charge in [0.2, 0.25) is 17.6 Å². The number of hydrogen-bond acceptors (Lipinski definition) is 7. The van der Waals surface area contributed by atoms with Gasteiger partial charge in [-0.2, -0.15) is 4.98 Å². The van der Waals surface area contributed by atoms with E-state index in [-0.39, 0.29) is 11.8 Å². The summed E-state index contributed by atoms with van der Waals surface area (Å²) in [6.45, 7) is 0.474. The van der Waals surface area contributed by atoms with Gasteiger partial charge in [0.25, 0.3) is 0 Å². The molecule has 2 aromatic carbocycles. The summed E-state index contributed by atoms with van der Waals surface area (Å²) < 4.78 is 21.4. The molecule has 0 spiro atoms. The van der Waals surface area contributed by atoms with Crippen molar-refractivity contribution < 1.29 is 23.5 Å². The van der Waals surface area contributed by atoms with E-state index < -0.39 is 0 Å². The van der Waals surface area contributed by atoms with Gasteiger partial charge in [0, 0.05) is 18.7 Å². The van der Waals surface area contributed by atoms with Gasteiger partial charge in [-0.3, -0.25) is 4.79 Å². The highest BCUT2D eigenvalue weighted by Crippen LogP contribution is 2.38. The lowest BCUT2D eigenvalue weighted by Crippen LogP contribution is -2.24. The van der Waals surface area contributed by atoms with E-state index in [1.165, 1.54) is 0 Å². The van der Waals surface area contributed by atoms with E-state index in [2.05, 4.69) is 10.1 Å². The third kappa shape index (κ3) is 3.49. The monoisotopic (exact) mass is 395 g/mol. The van der Waals surface area contributed by atoms with Crippen molar-refractivity contribution in [1.82, 2.24) is 10.1 Å². The predicted octanol–water partition coefficient (Wildman–Crippen LogP) is 3.28. The number of nitrogens with zero attached hydrogens (tertiary/aromatic N) is 3. The zero-order valence-corrected chi connectivity index (χ0v) is 16.4.